The van der Waals surface area contributed by atoms with E-state index in [9.17, 15) is 4.79 Å². The fraction of sp³-hybridized carbons (Fsp3) is 0.667. The molecule has 1 aliphatic rings. The zero-order valence-electron chi connectivity index (χ0n) is 12.4. The zero-order valence-corrected chi connectivity index (χ0v) is 12.4. The summed E-state index contributed by atoms with van der Waals surface area (Å²) in [5, 5.41) is 6.15. The normalized spacial score (nSPS) is 22.9. The molecule has 0 aliphatic heterocycles. The first kappa shape index (κ1) is 14.8. The highest BCUT2D eigenvalue weighted by Crippen LogP contribution is 2.22. The number of amides is 1. The molecule has 0 aromatic carbocycles. The van der Waals surface area contributed by atoms with Gasteiger partial charge in [-0.2, -0.15) is 0 Å². The number of carbonyl (C=O) groups excluding carboxylic acids is 1. The molecule has 110 valence electrons. The van der Waals surface area contributed by atoms with Crippen LogP contribution in [0.5, 0.6) is 0 Å². The Morgan fingerprint density at radius 1 is 1.25 bits per heavy atom. The predicted molar refractivity (Wildman–Crippen MR) is 79.7 cm³/mol. The molecule has 1 aromatic rings. The van der Waals surface area contributed by atoms with Crippen LogP contribution in [0.1, 0.15) is 56.4 Å². The second-order valence-electron chi connectivity index (χ2n) is 5.60. The van der Waals surface area contributed by atoms with Gasteiger partial charge in [0.2, 0.25) is 0 Å². The fourth-order valence-corrected chi connectivity index (χ4v) is 2.61. The van der Waals surface area contributed by atoms with E-state index in [2.05, 4.69) is 27.5 Å². The standard InChI is InChI=1S/C15H24N4O/c1-3-16-14-10-17-13(9-18-14)15(20)19-12-6-4-5-11(2)7-8-12/h9-12H,3-8H2,1-2H3,(H,16,18)(H,19,20). The quantitative estimate of drug-likeness (QED) is 0.830. The van der Waals surface area contributed by atoms with Gasteiger partial charge in [-0.1, -0.05) is 19.8 Å². The molecule has 20 heavy (non-hydrogen) atoms. The maximum Gasteiger partial charge on any atom is 0.271 e. The molecule has 1 aliphatic carbocycles. The van der Waals surface area contributed by atoms with E-state index in [-0.39, 0.29) is 11.9 Å². The molecule has 1 aromatic heterocycles. The summed E-state index contributed by atoms with van der Waals surface area (Å²) in [5.74, 6) is 1.36. The predicted octanol–water partition coefficient (Wildman–Crippen LogP) is 2.61. The lowest BCUT2D eigenvalue weighted by Gasteiger charge is -2.16. The van der Waals surface area contributed by atoms with Crippen molar-refractivity contribution in [2.45, 2.75) is 52.0 Å². The largest absolute Gasteiger partial charge is 0.369 e. The number of aromatic nitrogens is 2. The minimum Gasteiger partial charge on any atom is -0.369 e. The summed E-state index contributed by atoms with van der Waals surface area (Å²) in [7, 11) is 0. The van der Waals surface area contributed by atoms with Crippen LogP contribution in [0.15, 0.2) is 12.4 Å². The van der Waals surface area contributed by atoms with Crippen molar-refractivity contribution in [3.8, 4) is 0 Å². The van der Waals surface area contributed by atoms with E-state index in [1.54, 1.807) is 6.20 Å². The third kappa shape index (κ3) is 4.18. The van der Waals surface area contributed by atoms with Gasteiger partial charge in [-0.15, -0.1) is 0 Å². The van der Waals surface area contributed by atoms with Crippen molar-refractivity contribution in [2.75, 3.05) is 11.9 Å². The van der Waals surface area contributed by atoms with Crippen LogP contribution >= 0.6 is 0 Å². The van der Waals surface area contributed by atoms with Gasteiger partial charge in [0, 0.05) is 12.6 Å². The second kappa shape index (κ2) is 7.22. The molecule has 1 amide bonds. The molecule has 0 bridgehead atoms. The minimum absolute atomic E-state index is 0.111. The minimum atomic E-state index is -0.111. The van der Waals surface area contributed by atoms with Crippen LogP contribution in [0.25, 0.3) is 0 Å². The Bertz CT molecular complexity index is 432. The lowest BCUT2D eigenvalue weighted by Crippen LogP contribution is -2.35. The van der Waals surface area contributed by atoms with Crippen molar-refractivity contribution in [2.24, 2.45) is 5.92 Å². The van der Waals surface area contributed by atoms with Crippen LogP contribution < -0.4 is 10.6 Å². The highest BCUT2D eigenvalue weighted by Gasteiger charge is 2.19. The van der Waals surface area contributed by atoms with Crippen molar-refractivity contribution in [3.63, 3.8) is 0 Å². The maximum atomic E-state index is 12.1. The average Bonchev–Trinajstić information content (AvgIpc) is 2.65. The number of nitrogens with one attached hydrogen (secondary N) is 2. The van der Waals surface area contributed by atoms with E-state index in [0.29, 0.717) is 11.5 Å². The summed E-state index contributed by atoms with van der Waals surface area (Å²) < 4.78 is 0. The fourth-order valence-electron chi connectivity index (χ4n) is 2.61. The van der Waals surface area contributed by atoms with Gasteiger partial charge in [-0.25, -0.2) is 9.97 Å². The first-order valence-electron chi connectivity index (χ1n) is 7.55. The highest BCUT2D eigenvalue weighted by atomic mass is 16.1. The van der Waals surface area contributed by atoms with Crippen molar-refractivity contribution in [1.82, 2.24) is 15.3 Å². The summed E-state index contributed by atoms with van der Waals surface area (Å²) >= 11 is 0. The number of hydrogen-bond acceptors (Lipinski definition) is 4. The zero-order chi connectivity index (χ0) is 14.4. The summed E-state index contributed by atoms with van der Waals surface area (Å²) in [6.45, 7) is 5.07. The van der Waals surface area contributed by atoms with E-state index in [1.165, 1.54) is 25.5 Å². The number of anilines is 1. The van der Waals surface area contributed by atoms with Gasteiger partial charge in [0.25, 0.3) is 5.91 Å². The van der Waals surface area contributed by atoms with E-state index >= 15 is 0 Å². The molecule has 1 heterocycles. The van der Waals surface area contributed by atoms with Gasteiger partial charge in [0.1, 0.15) is 11.5 Å². The summed E-state index contributed by atoms with van der Waals surface area (Å²) in [6.07, 6.45) is 8.92. The molecule has 1 fully saturated rings. The summed E-state index contributed by atoms with van der Waals surface area (Å²) in [4.78, 5) is 20.5. The Morgan fingerprint density at radius 2 is 2.10 bits per heavy atom. The summed E-state index contributed by atoms with van der Waals surface area (Å²) in [5.41, 5.74) is 0.393. The van der Waals surface area contributed by atoms with Crippen LogP contribution in [0.4, 0.5) is 5.82 Å². The molecule has 5 nitrogen and oxygen atoms in total. The van der Waals surface area contributed by atoms with Crippen LogP contribution in [0.3, 0.4) is 0 Å². The lowest BCUT2D eigenvalue weighted by atomic mass is 10.0. The molecule has 2 atom stereocenters. The van der Waals surface area contributed by atoms with Crippen molar-refractivity contribution >= 4 is 11.7 Å². The maximum absolute atomic E-state index is 12.1. The SMILES string of the molecule is CCNc1cnc(C(=O)NC2CCCC(C)CC2)cn1. The Kier molecular flexibility index (Phi) is 5.32. The number of carbonyl (C=O) groups is 1. The Labute approximate surface area is 120 Å². The van der Waals surface area contributed by atoms with Crippen molar-refractivity contribution in [3.05, 3.63) is 18.1 Å². The van der Waals surface area contributed by atoms with E-state index in [0.717, 1.165) is 25.3 Å². The monoisotopic (exact) mass is 276 g/mol. The molecular formula is C15H24N4O. The number of hydrogen-bond donors (Lipinski definition) is 2. The lowest BCUT2D eigenvalue weighted by molar-refractivity contribution is 0.0927. The van der Waals surface area contributed by atoms with Gasteiger partial charge in [-0.3, -0.25) is 4.79 Å². The van der Waals surface area contributed by atoms with Crippen molar-refractivity contribution in [1.29, 1.82) is 0 Å². The van der Waals surface area contributed by atoms with Gasteiger partial charge in [0.15, 0.2) is 0 Å². The van der Waals surface area contributed by atoms with Crippen LogP contribution in [-0.4, -0.2) is 28.5 Å². The Morgan fingerprint density at radius 3 is 2.80 bits per heavy atom. The van der Waals surface area contributed by atoms with Gasteiger partial charge in [0.05, 0.1) is 12.4 Å². The molecule has 5 heteroatoms. The molecule has 0 radical (unpaired) electrons. The van der Waals surface area contributed by atoms with Crippen molar-refractivity contribution < 1.29 is 4.79 Å². The molecule has 2 N–H and O–H groups in total. The summed E-state index contributed by atoms with van der Waals surface area (Å²) in [6, 6.07) is 0.280. The van der Waals surface area contributed by atoms with Crippen LogP contribution in [-0.2, 0) is 0 Å². The third-order valence-corrected chi connectivity index (χ3v) is 3.84. The first-order valence-corrected chi connectivity index (χ1v) is 7.55. The smallest absolute Gasteiger partial charge is 0.271 e. The molecular weight excluding hydrogens is 252 g/mol. The van der Waals surface area contributed by atoms with Gasteiger partial charge in [-0.05, 0) is 32.1 Å². The highest BCUT2D eigenvalue weighted by molar-refractivity contribution is 5.92. The number of nitrogens with zero attached hydrogens (tertiary/aromatic N) is 2. The molecule has 0 saturated heterocycles. The van der Waals surface area contributed by atoms with Crippen LogP contribution in [0, 0.1) is 5.92 Å². The molecule has 1 saturated carbocycles. The van der Waals surface area contributed by atoms with Gasteiger partial charge < -0.3 is 10.6 Å². The molecule has 2 rings (SSSR count). The third-order valence-electron chi connectivity index (χ3n) is 3.84. The van der Waals surface area contributed by atoms with Crippen LogP contribution in [0.2, 0.25) is 0 Å². The van der Waals surface area contributed by atoms with Gasteiger partial charge >= 0.3 is 0 Å². The van der Waals surface area contributed by atoms with E-state index < -0.39 is 0 Å². The Hall–Kier alpha value is -1.65. The molecule has 2 unspecified atom stereocenters. The first-order chi connectivity index (χ1) is 9.69. The number of rotatable bonds is 4. The second-order valence-corrected chi connectivity index (χ2v) is 5.60. The van der Waals surface area contributed by atoms with E-state index in [4.69, 9.17) is 0 Å². The van der Waals surface area contributed by atoms with E-state index in [1.807, 2.05) is 6.92 Å². The topological polar surface area (TPSA) is 66.9 Å². The Balaban J connectivity index is 1.90. The molecule has 0 spiro atoms. The average molecular weight is 276 g/mol.